The molecular formula is C19H25N3O. The Balaban J connectivity index is 1.85. The SMILES string of the molecule is Cc1ccc(NC(=O)NCC(Nc2ccccc2)C(C)C)cc1. The fourth-order valence-electron chi connectivity index (χ4n) is 2.22. The minimum atomic E-state index is -0.186. The Morgan fingerprint density at radius 1 is 0.957 bits per heavy atom. The van der Waals surface area contributed by atoms with Gasteiger partial charge in [-0.15, -0.1) is 0 Å². The highest BCUT2D eigenvalue weighted by Gasteiger charge is 2.14. The predicted molar refractivity (Wildman–Crippen MR) is 96.9 cm³/mol. The van der Waals surface area contributed by atoms with Gasteiger partial charge in [-0.1, -0.05) is 49.7 Å². The van der Waals surface area contributed by atoms with Crippen molar-refractivity contribution in [1.29, 1.82) is 0 Å². The molecule has 0 aliphatic carbocycles. The number of benzene rings is 2. The van der Waals surface area contributed by atoms with Gasteiger partial charge in [0, 0.05) is 24.0 Å². The monoisotopic (exact) mass is 311 g/mol. The fourth-order valence-corrected chi connectivity index (χ4v) is 2.22. The summed E-state index contributed by atoms with van der Waals surface area (Å²) < 4.78 is 0. The van der Waals surface area contributed by atoms with Crippen molar-refractivity contribution in [3.63, 3.8) is 0 Å². The molecular weight excluding hydrogens is 286 g/mol. The lowest BCUT2D eigenvalue weighted by molar-refractivity contribution is 0.251. The molecule has 2 rings (SSSR count). The van der Waals surface area contributed by atoms with Crippen molar-refractivity contribution in [2.75, 3.05) is 17.2 Å². The molecule has 4 heteroatoms. The van der Waals surface area contributed by atoms with Crippen LogP contribution in [-0.4, -0.2) is 18.6 Å². The highest BCUT2D eigenvalue weighted by molar-refractivity contribution is 5.89. The maximum absolute atomic E-state index is 12.0. The molecule has 2 amide bonds. The Morgan fingerprint density at radius 2 is 1.61 bits per heavy atom. The van der Waals surface area contributed by atoms with Gasteiger partial charge in [0.2, 0.25) is 0 Å². The van der Waals surface area contributed by atoms with Crippen molar-refractivity contribution >= 4 is 17.4 Å². The Labute approximate surface area is 138 Å². The van der Waals surface area contributed by atoms with Crippen LogP contribution in [-0.2, 0) is 0 Å². The number of hydrogen-bond acceptors (Lipinski definition) is 2. The average Bonchev–Trinajstić information content (AvgIpc) is 2.54. The Bertz CT molecular complexity index is 608. The summed E-state index contributed by atoms with van der Waals surface area (Å²) >= 11 is 0. The maximum atomic E-state index is 12.0. The highest BCUT2D eigenvalue weighted by atomic mass is 16.2. The standard InChI is InChI=1S/C19H25N3O/c1-14(2)18(21-16-7-5-4-6-8-16)13-20-19(23)22-17-11-9-15(3)10-12-17/h4-12,14,18,21H,13H2,1-3H3,(H2,20,22,23). The van der Waals surface area contributed by atoms with Crippen molar-refractivity contribution in [2.45, 2.75) is 26.8 Å². The summed E-state index contributed by atoms with van der Waals surface area (Å²) in [6.07, 6.45) is 0. The fraction of sp³-hybridized carbons (Fsp3) is 0.316. The van der Waals surface area contributed by atoms with Gasteiger partial charge in [-0.3, -0.25) is 0 Å². The molecule has 23 heavy (non-hydrogen) atoms. The maximum Gasteiger partial charge on any atom is 0.319 e. The Kier molecular flexibility index (Phi) is 6.03. The van der Waals surface area contributed by atoms with Crippen LogP contribution in [0.15, 0.2) is 54.6 Å². The zero-order valence-electron chi connectivity index (χ0n) is 14.0. The number of nitrogens with one attached hydrogen (secondary N) is 3. The van der Waals surface area contributed by atoms with Crippen LogP contribution >= 0.6 is 0 Å². The molecule has 0 heterocycles. The highest BCUT2D eigenvalue weighted by Crippen LogP contribution is 2.12. The number of urea groups is 1. The number of anilines is 2. The summed E-state index contributed by atoms with van der Waals surface area (Å²) in [6.45, 7) is 6.86. The lowest BCUT2D eigenvalue weighted by atomic mass is 10.0. The molecule has 2 aromatic rings. The van der Waals surface area contributed by atoms with Crippen LogP contribution in [0.3, 0.4) is 0 Å². The molecule has 1 atom stereocenters. The van der Waals surface area contributed by atoms with Gasteiger partial charge in [-0.2, -0.15) is 0 Å². The molecule has 0 fully saturated rings. The molecule has 3 N–H and O–H groups in total. The largest absolute Gasteiger partial charge is 0.380 e. The molecule has 4 nitrogen and oxygen atoms in total. The summed E-state index contributed by atoms with van der Waals surface area (Å²) in [4.78, 5) is 12.0. The second-order valence-corrected chi connectivity index (χ2v) is 6.06. The zero-order chi connectivity index (χ0) is 16.7. The van der Waals surface area contributed by atoms with E-state index in [9.17, 15) is 4.79 Å². The third-order valence-electron chi connectivity index (χ3n) is 3.72. The number of carbonyl (C=O) groups is 1. The van der Waals surface area contributed by atoms with Crippen molar-refractivity contribution in [1.82, 2.24) is 5.32 Å². The number of rotatable bonds is 6. The van der Waals surface area contributed by atoms with Crippen LogP contribution in [0.5, 0.6) is 0 Å². The van der Waals surface area contributed by atoms with E-state index in [1.807, 2.05) is 61.5 Å². The van der Waals surface area contributed by atoms with Crippen LogP contribution in [0, 0.1) is 12.8 Å². The van der Waals surface area contributed by atoms with E-state index in [1.54, 1.807) is 0 Å². The molecule has 0 aromatic heterocycles. The number of para-hydroxylation sites is 1. The minimum absolute atomic E-state index is 0.168. The summed E-state index contributed by atoms with van der Waals surface area (Å²) in [5.74, 6) is 0.398. The van der Waals surface area contributed by atoms with Gasteiger partial charge in [0.05, 0.1) is 0 Å². The molecule has 0 spiro atoms. The van der Waals surface area contributed by atoms with E-state index < -0.39 is 0 Å². The lowest BCUT2D eigenvalue weighted by Gasteiger charge is -2.24. The second-order valence-electron chi connectivity index (χ2n) is 6.06. The molecule has 0 radical (unpaired) electrons. The summed E-state index contributed by atoms with van der Waals surface area (Å²) in [5, 5.41) is 9.25. The number of hydrogen-bond donors (Lipinski definition) is 3. The second kappa shape index (κ2) is 8.22. The summed E-state index contributed by atoms with van der Waals surface area (Å²) in [6, 6.07) is 17.8. The molecule has 0 saturated carbocycles. The smallest absolute Gasteiger partial charge is 0.319 e. The molecule has 2 aromatic carbocycles. The van der Waals surface area contributed by atoms with E-state index in [-0.39, 0.29) is 12.1 Å². The zero-order valence-corrected chi connectivity index (χ0v) is 14.0. The van der Waals surface area contributed by atoms with E-state index in [0.29, 0.717) is 12.5 Å². The quantitative estimate of drug-likeness (QED) is 0.747. The summed E-state index contributed by atoms with van der Waals surface area (Å²) in [5.41, 5.74) is 3.03. The third kappa shape index (κ3) is 5.66. The van der Waals surface area contributed by atoms with Crippen molar-refractivity contribution in [3.8, 4) is 0 Å². The number of amides is 2. The molecule has 0 aliphatic heterocycles. The van der Waals surface area contributed by atoms with Crippen molar-refractivity contribution in [3.05, 3.63) is 60.2 Å². The van der Waals surface area contributed by atoms with Crippen LogP contribution in [0.25, 0.3) is 0 Å². The first kappa shape index (κ1) is 16.9. The van der Waals surface area contributed by atoms with E-state index in [1.165, 1.54) is 5.56 Å². The van der Waals surface area contributed by atoms with Gasteiger partial charge in [0.1, 0.15) is 0 Å². The normalized spacial score (nSPS) is 11.8. The van der Waals surface area contributed by atoms with Gasteiger partial charge >= 0.3 is 6.03 Å². The molecule has 0 bridgehead atoms. The van der Waals surface area contributed by atoms with E-state index >= 15 is 0 Å². The first-order valence-electron chi connectivity index (χ1n) is 7.97. The Hall–Kier alpha value is -2.49. The lowest BCUT2D eigenvalue weighted by Crippen LogP contribution is -2.41. The van der Waals surface area contributed by atoms with Crippen LogP contribution in [0.4, 0.5) is 16.2 Å². The van der Waals surface area contributed by atoms with Crippen molar-refractivity contribution in [2.24, 2.45) is 5.92 Å². The van der Waals surface area contributed by atoms with E-state index in [0.717, 1.165) is 11.4 Å². The van der Waals surface area contributed by atoms with E-state index in [2.05, 4.69) is 29.8 Å². The van der Waals surface area contributed by atoms with Crippen LogP contribution in [0.1, 0.15) is 19.4 Å². The molecule has 0 aliphatic rings. The number of carbonyl (C=O) groups excluding carboxylic acids is 1. The third-order valence-corrected chi connectivity index (χ3v) is 3.72. The first-order chi connectivity index (χ1) is 11.0. The first-order valence-corrected chi connectivity index (χ1v) is 7.97. The van der Waals surface area contributed by atoms with Gasteiger partial charge in [-0.05, 0) is 37.1 Å². The Morgan fingerprint density at radius 3 is 2.22 bits per heavy atom. The van der Waals surface area contributed by atoms with E-state index in [4.69, 9.17) is 0 Å². The molecule has 1 unspecified atom stereocenters. The van der Waals surface area contributed by atoms with Gasteiger partial charge in [0.15, 0.2) is 0 Å². The van der Waals surface area contributed by atoms with Gasteiger partial charge in [0.25, 0.3) is 0 Å². The van der Waals surface area contributed by atoms with Crippen LogP contribution < -0.4 is 16.0 Å². The van der Waals surface area contributed by atoms with Gasteiger partial charge < -0.3 is 16.0 Å². The summed E-state index contributed by atoms with van der Waals surface area (Å²) in [7, 11) is 0. The predicted octanol–water partition coefficient (Wildman–Crippen LogP) is 4.25. The number of aryl methyl sites for hydroxylation is 1. The van der Waals surface area contributed by atoms with Gasteiger partial charge in [-0.25, -0.2) is 4.79 Å². The molecule has 122 valence electrons. The van der Waals surface area contributed by atoms with Crippen LogP contribution in [0.2, 0.25) is 0 Å². The van der Waals surface area contributed by atoms with Crippen molar-refractivity contribution < 1.29 is 4.79 Å². The minimum Gasteiger partial charge on any atom is -0.380 e. The molecule has 0 saturated heterocycles. The average molecular weight is 311 g/mol. The topological polar surface area (TPSA) is 53.2 Å².